The molecule has 5 heteroatoms. The molecule has 0 amide bonds. The lowest BCUT2D eigenvalue weighted by Gasteiger charge is -2.41. The van der Waals surface area contributed by atoms with Crippen LogP contribution in [-0.2, 0) is 19.4 Å². The Balaban J connectivity index is 1.45. The summed E-state index contributed by atoms with van der Waals surface area (Å²) in [4.78, 5) is 2.55. The van der Waals surface area contributed by atoms with Crippen LogP contribution in [0.3, 0.4) is 0 Å². The second-order valence-electron chi connectivity index (χ2n) is 6.78. The quantitative estimate of drug-likeness (QED) is 0.745. The van der Waals surface area contributed by atoms with Gasteiger partial charge in [0, 0.05) is 24.7 Å². The maximum Gasteiger partial charge on any atom is 0.231 e. The third-order valence-corrected chi connectivity index (χ3v) is 5.62. The maximum atomic E-state index is 5.72. The fourth-order valence-electron chi connectivity index (χ4n) is 4.42. The van der Waals surface area contributed by atoms with Gasteiger partial charge in [0.05, 0.1) is 0 Å². The van der Waals surface area contributed by atoms with E-state index in [0.29, 0.717) is 19.6 Å². The summed E-state index contributed by atoms with van der Waals surface area (Å²) in [5.74, 6) is 3.60. The minimum Gasteiger partial charge on any atom is -0.454 e. The Morgan fingerprint density at radius 1 is 0.875 bits per heavy atom. The summed E-state index contributed by atoms with van der Waals surface area (Å²) in [7, 11) is 0. The molecule has 0 spiro atoms. The van der Waals surface area contributed by atoms with Gasteiger partial charge >= 0.3 is 0 Å². The first-order valence-corrected chi connectivity index (χ1v) is 8.43. The SMILES string of the molecule is c1cc2c(c3c1C[C@H]1c4cc5c(cc4CCN1C3)OCO5)OCO2. The van der Waals surface area contributed by atoms with Gasteiger partial charge in [0.2, 0.25) is 13.6 Å². The normalized spacial score (nSPS) is 22.8. The third-order valence-electron chi connectivity index (χ3n) is 5.62. The average molecular weight is 323 g/mol. The van der Waals surface area contributed by atoms with E-state index in [4.69, 9.17) is 18.9 Å². The molecule has 6 rings (SSSR count). The van der Waals surface area contributed by atoms with Crippen molar-refractivity contribution in [2.24, 2.45) is 0 Å². The molecule has 0 N–H and O–H groups in total. The van der Waals surface area contributed by atoms with E-state index >= 15 is 0 Å². The van der Waals surface area contributed by atoms with Gasteiger partial charge in [-0.15, -0.1) is 0 Å². The lowest BCUT2D eigenvalue weighted by molar-refractivity contribution is 0.151. The predicted octanol–water partition coefficient (Wildman–Crippen LogP) is 2.80. The minimum absolute atomic E-state index is 0.332. The highest BCUT2D eigenvalue weighted by Crippen LogP contribution is 2.47. The van der Waals surface area contributed by atoms with Gasteiger partial charge in [-0.1, -0.05) is 6.07 Å². The first kappa shape index (κ1) is 13.0. The van der Waals surface area contributed by atoms with Crippen LogP contribution in [0.25, 0.3) is 0 Å². The van der Waals surface area contributed by atoms with E-state index < -0.39 is 0 Å². The summed E-state index contributed by atoms with van der Waals surface area (Å²) in [5, 5.41) is 0. The van der Waals surface area contributed by atoms with E-state index in [2.05, 4.69) is 23.1 Å². The molecule has 0 aromatic heterocycles. The Labute approximate surface area is 139 Å². The zero-order valence-corrected chi connectivity index (χ0v) is 13.2. The number of ether oxygens (including phenoxy) is 4. The van der Waals surface area contributed by atoms with Crippen molar-refractivity contribution in [2.45, 2.75) is 25.4 Å². The molecule has 4 aliphatic heterocycles. The Morgan fingerprint density at radius 3 is 2.67 bits per heavy atom. The fraction of sp³-hybridized carbons (Fsp3) is 0.368. The lowest BCUT2D eigenvalue weighted by Crippen LogP contribution is -2.39. The van der Waals surface area contributed by atoms with E-state index in [9.17, 15) is 0 Å². The van der Waals surface area contributed by atoms with Gasteiger partial charge in [-0.3, -0.25) is 4.90 Å². The molecule has 4 heterocycles. The van der Waals surface area contributed by atoms with Crippen LogP contribution in [0.15, 0.2) is 24.3 Å². The van der Waals surface area contributed by atoms with Crippen LogP contribution in [0.2, 0.25) is 0 Å². The zero-order chi connectivity index (χ0) is 15.7. The van der Waals surface area contributed by atoms with Crippen LogP contribution in [-0.4, -0.2) is 25.0 Å². The highest BCUT2D eigenvalue weighted by molar-refractivity contribution is 5.55. The van der Waals surface area contributed by atoms with Crippen LogP contribution in [0.1, 0.15) is 28.3 Å². The van der Waals surface area contributed by atoms with Gasteiger partial charge < -0.3 is 18.9 Å². The monoisotopic (exact) mass is 323 g/mol. The molecule has 0 bridgehead atoms. The highest BCUT2D eigenvalue weighted by Gasteiger charge is 2.36. The van der Waals surface area contributed by atoms with Crippen LogP contribution in [0, 0.1) is 0 Å². The van der Waals surface area contributed by atoms with E-state index in [1.54, 1.807) is 0 Å². The smallest absolute Gasteiger partial charge is 0.231 e. The molecule has 0 aliphatic carbocycles. The molecule has 0 unspecified atom stereocenters. The number of fused-ring (bicyclic) bond motifs is 7. The molecule has 2 aromatic rings. The molecule has 2 aromatic carbocycles. The van der Waals surface area contributed by atoms with Crippen molar-refractivity contribution in [3.8, 4) is 23.0 Å². The predicted molar refractivity (Wildman–Crippen MR) is 85.7 cm³/mol. The first-order chi connectivity index (χ1) is 11.9. The Hall–Kier alpha value is -2.40. The molecule has 24 heavy (non-hydrogen) atoms. The number of benzene rings is 2. The van der Waals surface area contributed by atoms with Crippen molar-refractivity contribution >= 4 is 0 Å². The van der Waals surface area contributed by atoms with Crippen molar-refractivity contribution in [2.75, 3.05) is 20.1 Å². The molecule has 0 radical (unpaired) electrons. The molecule has 4 aliphatic rings. The van der Waals surface area contributed by atoms with Crippen LogP contribution < -0.4 is 18.9 Å². The molecular weight excluding hydrogens is 306 g/mol. The fourth-order valence-corrected chi connectivity index (χ4v) is 4.42. The van der Waals surface area contributed by atoms with Crippen molar-refractivity contribution in [3.63, 3.8) is 0 Å². The van der Waals surface area contributed by atoms with Gasteiger partial charge in [-0.25, -0.2) is 0 Å². The largest absolute Gasteiger partial charge is 0.454 e. The van der Waals surface area contributed by atoms with Crippen molar-refractivity contribution in [1.82, 2.24) is 4.90 Å². The lowest BCUT2D eigenvalue weighted by atomic mass is 9.83. The summed E-state index contributed by atoms with van der Waals surface area (Å²) in [6.07, 6.45) is 2.04. The number of nitrogens with zero attached hydrogens (tertiary/aromatic N) is 1. The van der Waals surface area contributed by atoms with Crippen LogP contribution in [0.4, 0.5) is 0 Å². The Morgan fingerprint density at radius 2 is 1.71 bits per heavy atom. The van der Waals surface area contributed by atoms with E-state index in [1.165, 1.54) is 22.3 Å². The summed E-state index contributed by atoms with van der Waals surface area (Å²) >= 11 is 0. The van der Waals surface area contributed by atoms with E-state index in [-0.39, 0.29) is 0 Å². The highest BCUT2D eigenvalue weighted by atomic mass is 16.7. The summed E-state index contributed by atoms with van der Waals surface area (Å²) in [6, 6.07) is 8.99. The van der Waals surface area contributed by atoms with E-state index in [0.717, 1.165) is 48.9 Å². The average Bonchev–Trinajstić information content (AvgIpc) is 3.26. The molecule has 0 saturated heterocycles. The molecule has 122 valence electrons. The Kier molecular flexibility index (Phi) is 2.47. The number of hydrogen-bond acceptors (Lipinski definition) is 5. The summed E-state index contributed by atoms with van der Waals surface area (Å²) < 4.78 is 22.4. The van der Waals surface area contributed by atoms with Crippen LogP contribution in [0.5, 0.6) is 23.0 Å². The van der Waals surface area contributed by atoms with Crippen molar-refractivity contribution in [1.29, 1.82) is 0 Å². The standard InChI is InChI=1S/C19H17NO4/c1-2-16-19(24-10-21-16)14-8-20-4-3-12-6-17-18(23-9-22-17)7-13(12)15(20)5-11(1)14/h1-2,6-7,15H,3-5,8-10H2/t15-/m0/s1. The van der Waals surface area contributed by atoms with Gasteiger partial charge in [0.1, 0.15) is 0 Å². The summed E-state index contributed by atoms with van der Waals surface area (Å²) in [6.45, 7) is 2.64. The van der Waals surface area contributed by atoms with Crippen molar-refractivity contribution < 1.29 is 18.9 Å². The van der Waals surface area contributed by atoms with Gasteiger partial charge in [-0.2, -0.15) is 0 Å². The van der Waals surface area contributed by atoms with E-state index in [1.807, 2.05) is 6.07 Å². The molecule has 0 saturated carbocycles. The maximum absolute atomic E-state index is 5.72. The third kappa shape index (κ3) is 1.68. The first-order valence-electron chi connectivity index (χ1n) is 8.43. The minimum atomic E-state index is 0.332. The topological polar surface area (TPSA) is 40.2 Å². The Bertz CT molecular complexity index is 863. The second kappa shape index (κ2) is 4.57. The number of rotatable bonds is 0. The zero-order valence-electron chi connectivity index (χ0n) is 13.2. The van der Waals surface area contributed by atoms with Gasteiger partial charge in [-0.05, 0) is 47.7 Å². The van der Waals surface area contributed by atoms with Crippen LogP contribution >= 0.6 is 0 Å². The second-order valence-corrected chi connectivity index (χ2v) is 6.78. The molecule has 1 atom stereocenters. The summed E-state index contributed by atoms with van der Waals surface area (Å²) in [5.41, 5.74) is 5.44. The van der Waals surface area contributed by atoms with Gasteiger partial charge in [0.15, 0.2) is 23.0 Å². The molecule has 5 nitrogen and oxygen atoms in total. The molecular formula is C19H17NO4. The molecule has 0 fully saturated rings. The van der Waals surface area contributed by atoms with Gasteiger partial charge in [0.25, 0.3) is 0 Å². The number of hydrogen-bond donors (Lipinski definition) is 0. The van der Waals surface area contributed by atoms with Crippen molar-refractivity contribution in [3.05, 3.63) is 46.5 Å².